The van der Waals surface area contributed by atoms with Gasteiger partial charge < -0.3 is 14.7 Å². The average molecular weight is 335 g/mol. The van der Waals surface area contributed by atoms with Crippen LogP contribution in [0.25, 0.3) is 0 Å². The van der Waals surface area contributed by atoms with Crippen molar-refractivity contribution in [1.29, 1.82) is 0 Å². The molecule has 2 amide bonds. The maximum absolute atomic E-state index is 12.8. The molecular formula is C18H29N3O3. The Kier molecular flexibility index (Phi) is 7.28. The Morgan fingerprint density at radius 3 is 2.67 bits per heavy atom. The van der Waals surface area contributed by atoms with E-state index in [0.29, 0.717) is 18.1 Å². The molecular weight excluding hydrogens is 306 g/mol. The summed E-state index contributed by atoms with van der Waals surface area (Å²) in [5, 5.41) is 6.47. The number of aryl methyl sites for hydroxylation is 1. The number of amides is 2. The summed E-state index contributed by atoms with van der Waals surface area (Å²) in [5.41, 5.74) is 0. The van der Waals surface area contributed by atoms with Crippen LogP contribution in [-0.2, 0) is 9.59 Å². The van der Waals surface area contributed by atoms with E-state index in [-0.39, 0.29) is 24.3 Å². The summed E-state index contributed by atoms with van der Waals surface area (Å²) >= 11 is 0. The summed E-state index contributed by atoms with van der Waals surface area (Å²) in [5.74, 6) is 1.04. The molecule has 0 unspecified atom stereocenters. The SMILES string of the molecule is CCCCCN(CC(=O)Nc1cc(C)on1)C(=O)C1CCCCC1. The lowest BCUT2D eigenvalue weighted by Crippen LogP contribution is -2.42. The van der Waals surface area contributed by atoms with Crippen LogP contribution < -0.4 is 5.32 Å². The van der Waals surface area contributed by atoms with Gasteiger partial charge in [-0.3, -0.25) is 9.59 Å². The molecule has 0 atom stereocenters. The molecule has 1 aromatic heterocycles. The fourth-order valence-electron chi connectivity index (χ4n) is 3.21. The molecule has 1 aromatic rings. The third kappa shape index (κ3) is 5.65. The van der Waals surface area contributed by atoms with E-state index in [1.54, 1.807) is 17.9 Å². The van der Waals surface area contributed by atoms with Gasteiger partial charge in [-0.1, -0.05) is 44.2 Å². The normalized spacial score (nSPS) is 15.2. The molecule has 0 spiro atoms. The summed E-state index contributed by atoms with van der Waals surface area (Å²) in [4.78, 5) is 26.8. The molecule has 1 aliphatic rings. The molecule has 1 saturated carbocycles. The summed E-state index contributed by atoms with van der Waals surface area (Å²) in [7, 11) is 0. The smallest absolute Gasteiger partial charge is 0.245 e. The Morgan fingerprint density at radius 1 is 1.29 bits per heavy atom. The van der Waals surface area contributed by atoms with Crippen LogP contribution in [0.15, 0.2) is 10.6 Å². The quantitative estimate of drug-likeness (QED) is 0.738. The van der Waals surface area contributed by atoms with Crippen LogP contribution in [0.5, 0.6) is 0 Å². The van der Waals surface area contributed by atoms with Crippen molar-refractivity contribution in [3.63, 3.8) is 0 Å². The second-order valence-corrected chi connectivity index (χ2v) is 6.67. The summed E-state index contributed by atoms with van der Waals surface area (Å²) in [6, 6.07) is 1.67. The van der Waals surface area contributed by atoms with Crippen molar-refractivity contribution in [3.05, 3.63) is 11.8 Å². The largest absolute Gasteiger partial charge is 0.360 e. The van der Waals surface area contributed by atoms with Crippen molar-refractivity contribution in [1.82, 2.24) is 10.1 Å². The first-order valence-electron chi connectivity index (χ1n) is 9.12. The third-order valence-corrected chi connectivity index (χ3v) is 4.53. The van der Waals surface area contributed by atoms with Gasteiger partial charge in [-0.15, -0.1) is 0 Å². The van der Waals surface area contributed by atoms with Gasteiger partial charge in [0.15, 0.2) is 5.82 Å². The number of hydrogen-bond acceptors (Lipinski definition) is 4. The highest BCUT2D eigenvalue weighted by Crippen LogP contribution is 2.25. The van der Waals surface area contributed by atoms with E-state index in [0.717, 1.165) is 44.9 Å². The van der Waals surface area contributed by atoms with Gasteiger partial charge in [0, 0.05) is 18.5 Å². The summed E-state index contributed by atoms with van der Waals surface area (Å²) < 4.78 is 4.95. The Morgan fingerprint density at radius 2 is 2.04 bits per heavy atom. The van der Waals surface area contributed by atoms with Crippen molar-refractivity contribution in [2.24, 2.45) is 5.92 Å². The molecule has 0 radical (unpaired) electrons. The first kappa shape index (κ1) is 18.5. The number of hydrogen-bond donors (Lipinski definition) is 1. The molecule has 0 aromatic carbocycles. The molecule has 6 nitrogen and oxygen atoms in total. The van der Waals surface area contributed by atoms with Gasteiger partial charge in [0.1, 0.15) is 5.76 Å². The van der Waals surface area contributed by atoms with E-state index in [9.17, 15) is 9.59 Å². The number of aromatic nitrogens is 1. The number of rotatable bonds is 8. The molecule has 1 fully saturated rings. The lowest BCUT2D eigenvalue weighted by atomic mass is 9.88. The molecule has 0 aliphatic heterocycles. The molecule has 0 saturated heterocycles. The van der Waals surface area contributed by atoms with Crippen LogP contribution in [-0.4, -0.2) is 35.0 Å². The van der Waals surface area contributed by atoms with E-state index in [2.05, 4.69) is 17.4 Å². The minimum Gasteiger partial charge on any atom is -0.360 e. The summed E-state index contributed by atoms with van der Waals surface area (Å²) in [6.07, 6.45) is 8.44. The lowest BCUT2D eigenvalue weighted by Gasteiger charge is -2.29. The van der Waals surface area contributed by atoms with Crippen LogP contribution in [0.2, 0.25) is 0 Å². The Labute approximate surface area is 143 Å². The number of nitrogens with one attached hydrogen (secondary N) is 1. The summed E-state index contributed by atoms with van der Waals surface area (Å²) in [6.45, 7) is 4.64. The molecule has 24 heavy (non-hydrogen) atoms. The van der Waals surface area contributed by atoms with Gasteiger partial charge in [0.25, 0.3) is 0 Å². The molecule has 6 heteroatoms. The van der Waals surface area contributed by atoms with Gasteiger partial charge in [-0.05, 0) is 26.2 Å². The predicted octanol–water partition coefficient (Wildman–Crippen LogP) is 3.52. The molecule has 1 N–H and O–H groups in total. The fourth-order valence-corrected chi connectivity index (χ4v) is 3.21. The first-order chi connectivity index (χ1) is 11.6. The second-order valence-electron chi connectivity index (χ2n) is 6.67. The Hall–Kier alpha value is -1.85. The highest BCUT2D eigenvalue weighted by molar-refractivity contribution is 5.94. The van der Waals surface area contributed by atoms with E-state index in [1.165, 1.54) is 6.42 Å². The van der Waals surface area contributed by atoms with Gasteiger partial charge in [-0.25, -0.2) is 0 Å². The van der Waals surface area contributed by atoms with Crippen molar-refractivity contribution in [2.75, 3.05) is 18.4 Å². The van der Waals surface area contributed by atoms with E-state index < -0.39 is 0 Å². The van der Waals surface area contributed by atoms with Gasteiger partial charge in [0.05, 0.1) is 6.54 Å². The van der Waals surface area contributed by atoms with E-state index in [1.807, 2.05) is 0 Å². The van der Waals surface area contributed by atoms with Crippen LogP contribution >= 0.6 is 0 Å². The zero-order chi connectivity index (χ0) is 17.4. The van der Waals surface area contributed by atoms with Gasteiger partial charge >= 0.3 is 0 Å². The number of anilines is 1. The topological polar surface area (TPSA) is 75.4 Å². The number of carbonyl (C=O) groups excluding carboxylic acids is 2. The minimum absolute atomic E-state index is 0.0856. The van der Waals surface area contributed by atoms with Crippen molar-refractivity contribution < 1.29 is 14.1 Å². The van der Waals surface area contributed by atoms with Crippen molar-refractivity contribution >= 4 is 17.6 Å². The fraction of sp³-hybridized carbons (Fsp3) is 0.722. The van der Waals surface area contributed by atoms with Gasteiger partial charge in [0.2, 0.25) is 11.8 Å². The number of nitrogens with zero attached hydrogens (tertiary/aromatic N) is 2. The highest BCUT2D eigenvalue weighted by atomic mass is 16.5. The third-order valence-electron chi connectivity index (χ3n) is 4.53. The van der Waals surface area contributed by atoms with Crippen molar-refractivity contribution in [3.8, 4) is 0 Å². The van der Waals surface area contributed by atoms with E-state index in [4.69, 9.17) is 4.52 Å². The van der Waals surface area contributed by atoms with Crippen LogP contribution in [0.3, 0.4) is 0 Å². The maximum Gasteiger partial charge on any atom is 0.245 e. The Bertz CT molecular complexity index is 535. The number of carbonyl (C=O) groups is 2. The molecule has 1 aliphatic carbocycles. The van der Waals surface area contributed by atoms with Crippen molar-refractivity contribution in [2.45, 2.75) is 65.2 Å². The highest BCUT2D eigenvalue weighted by Gasteiger charge is 2.27. The van der Waals surface area contributed by atoms with Crippen LogP contribution in [0.1, 0.15) is 64.1 Å². The van der Waals surface area contributed by atoms with E-state index >= 15 is 0 Å². The number of unbranched alkanes of at least 4 members (excludes halogenated alkanes) is 2. The predicted molar refractivity (Wildman–Crippen MR) is 92.5 cm³/mol. The van der Waals surface area contributed by atoms with Crippen LogP contribution in [0, 0.1) is 12.8 Å². The molecule has 2 rings (SSSR count). The second kappa shape index (κ2) is 9.45. The first-order valence-corrected chi connectivity index (χ1v) is 9.12. The minimum atomic E-state index is -0.219. The standard InChI is InChI=1S/C18H29N3O3/c1-3-4-8-11-21(18(23)15-9-6-5-7-10-15)13-17(22)19-16-12-14(2)24-20-16/h12,15H,3-11,13H2,1-2H3,(H,19,20,22). The zero-order valence-corrected chi connectivity index (χ0v) is 14.8. The average Bonchev–Trinajstić information content (AvgIpc) is 2.99. The Balaban J connectivity index is 1.93. The van der Waals surface area contributed by atoms with Crippen LogP contribution in [0.4, 0.5) is 5.82 Å². The maximum atomic E-state index is 12.8. The molecule has 1 heterocycles. The molecule has 134 valence electrons. The monoisotopic (exact) mass is 335 g/mol. The van der Waals surface area contributed by atoms with Gasteiger partial charge in [-0.2, -0.15) is 0 Å². The zero-order valence-electron chi connectivity index (χ0n) is 14.8. The lowest BCUT2D eigenvalue weighted by molar-refractivity contribution is -0.139. The molecule has 0 bridgehead atoms.